The Balaban J connectivity index is 3.21. The van der Waals surface area contributed by atoms with Gasteiger partial charge in [0.1, 0.15) is 5.17 Å². The summed E-state index contributed by atoms with van der Waals surface area (Å²) in [5.74, 6) is -0.700. The van der Waals surface area contributed by atoms with Crippen LogP contribution in [0.4, 0.5) is 36.8 Å². The monoisotopic (exact) mass is 405 g/mol. The van der Waals surface area contributed by atoms with Crippen LogP contribution >= 0.6 is 11.6 Å². The number of amides is 2. The fraction of sp³-hybridized carbons (Fsp3) is 0.429. The van der Waals surface area contributed by atoms with Crippen molar-refractivity contribution in [1.82, 2.24) is 5.32 Å². The first-order valence-electron chi connectivity index (χ1n) is 6.99. The lowest BCUT2D eigenvalue weighted by Gasteiger charge is -2.34. The molecule has 0 aliphatic carbocycles. The summed E-state index contributed by atoms with van der Waals surface area (Å²) in [6.07, 6.45) is -12.2. The van der Waals surface area contributed by atoms with E-state index in [1.807, 2.05) is 5.32 Å². The molecule has 0 atom stereocenters. The first-order valence-corrected chi connectivity index (χ1v) is 7.37. The molecule has 0 fully saturated rings. The molecular weight excluding hydrogens is 392 g/mol. The first-order chi connectivity index (χ1) is 11.8. The van der Waals surface area contributed by atoms with Gasteiger partial charge in [0.2, 0.25) is 0 Å². The van der Waals surface area contributed by atoms with Gasteiger partial charge < -0.3 is 10.2 Å². The lowest BCUT2D eigenvalue weighted by molar-refractivity contribution is -0.388. The van der Waals surface area contributed by atoms with Gasteiger partial charge in [0, 0.05) is 11.6 Å². The number of benzene rings is 1. The van der Waals surface area contributed by atoms with Gasteiger partial charge in [-0.1, -0.05) is 48.8 Å². The molecule has 0 spiro atoms. The van der Waals surface area contributed by atoms with Crippen LogP contribution in [0.1, 0.15) is 13.8 Å². The number of oxime groups is 1. The third kappa shape index (κ3) is 5.16. The second-order valence-electron chi connectivity index (χ2n) is 5.28. The van der Waals surface area contributed by atoms with Crippen molar-refractivity contribution in [3.63, 3.8) is 0 Å². The maximum Gasteiger partial charge on any atom is 0.461 e. The minimum absolute atomic E-state index is 0.0352. The van der Waals surface area contributed by atoms with Gasteiger partial charge in [0.25, 0.3) is 0 Å². The number of urea groups is 1. The Labute approximate surface area is 149 Å². The van der Waals surface area contributed by atoms with Crippen LogP contribution < -0.4 is 10.6 Å². The molecule has 146 valence electrons. The Morgan fingerprint density at radius 2 is 1.58 bits per heavy atom. The molecule has 0 aliphatic heterocycles. The molecular formula is C14H14ClF6N3O2. The summed E-state index contributed by atoms with van der Waals surface area (Å²) in [7, 11) is 0. The highest BCUT2D eigenvalue weighted by atomic mass is 35.5. The van der Waals surface area contributed by atoms with Crippen molar-refractivity contribution in [3.8, 4) is 0 Å². The minimum atomic E-state index is -6.09. The number of nitrogens with zero attached hydrogens (tertiary/aromatic N) is 1. The van der Waals surface area contributed by atoms with Crippen LogP contribution in [0.15, 0.2) is 35.5 Å². The summed E-state index contributed by atoms with van der Waals surface area (Å²) in [5, 5.41) is 4.65. The lowest BCUT2D eigenvalue weighted by atomic mass is 10.2. The van der Waals surface area contributed by atoms with Crippen molar-refractivity contribution in [2.45, 2.75) is 31.9 Å². The van der Waals surface area contributed by atoms with Gasteiger partial charge in [-0.3, -0.25) is 5.32 Å². The maximum atomic E-state index is 13.2. The Bertz CT molecular complexity index is 632. The quantitative estimate of drug-likeness (QED) is 0.318. The van der Waals surface area contributed by atoms with E-state index in [0.29, 0.717) is 0 Å². The Kier molecular flexibility index (Phi) is 6.75. The molecule has 1 rings (SSSR count). The number of halogens is 7. The number of carbonyl (C=O) groups is 1. The highest BCUT2D eigenvalue weighted by molar-refractivity contribution is 6.65. The zero-order chi connectivity index (χ0) is 20.2. The molecule has 2 N–H and O–H groups in total. The fourth-order valence-corrected chi connectivity index (χ4v) is 1.52. The average molecular weight is 406 g/mol. The Hall–Kier alpha value is -2.17. The molecule has 26 heavy (non-hydrogen) atoms. The molecule has 0 aromatic heterocycles. The predicted molar refractivity (Wildman–Crippen MR) is 82.6 cm³/mol. The number of nitrogens with one attached hydrogen (secondary N) is 2. The fourth-order valence-electron chi connectivity index (χ4n) is 1.49. The summed E-state index contributed by atoms with van der Waals surface area (Å²) >= 11 is 5.45. The molecule has 2 amide bonds. The van der Waals surface area contributed by atoms with E-state index in [4.69, 9.17) is 11.6 Å². The molecule has 12 heteroatoms. The summed E-state index contributed by atoms with van der Waals surface area (Å²) in [5.41, 5.74) is -5.12. The van der Waals surface area contributed by atoms with Gasteiger partial charge in [0.05, 0.1) is 0 Å². The van der Waals surface area contributed by atoms with Crippen LogP contribution in [0, 0.1) is 5.92 Å². The molecule has 0 saturated heterocycles. The van der Waals surface area contributed by atoms with Crippen LogP contribution in [0.3, 0.4) is 0 Å². The first kappa shape index (κ1) is 21.9. The number of hydrogen-bond donors (Lipinski definition) is 2. The topological polar surface area (TPSA) is 62.7 Å². The largest absolute Gasteiger partial charge is 0.461 e. The van der Waals surface area contributed by atoms with Crippen molar-refractivity contribution >= 4 is 28.5 Å². The van der Waals surface area contributed by atoms with Gasteiger partial charge in [-0.25, -0.2) is 4.79 Å². The molecule has 0 saturated carbocycles. The highest BCUT2D eigenvalue weighted by Crippen LogP contribution is 2.44. The van der Waals surface area contributed by atoms with E-state index in [2.05, 4.69) is 9.99 Å². The van der Waals surface area contributed by atoms with Crippen molar-refractivity contribution < 1.29 is 36.0 Å². The van der Waals surface area contributed by atoms with E-state index in [9.17, 15) is 31.1 Å². The number of hydrogen-bond acceptors (Lipinski definition) is 3. The molecule has 1 aromatic rings. The number of para-hydroxylation sites is 1. The lowest BCUT2D eigenvalue weighted by Crippen LogP contribution is -2.69. The van der Waals surface area contributed by atoms with E-state index in [1.54, 1.807) is 0 Å². The van der Waals surface area contributed by atoms with E-state index >= 15 is 0 Å². The average Bonchev–Trinajstić information content (AvgIpc) is 2.49. The standard InChI is InChI=1S/C14H14ClF6N3O2/c1-8(2)10(15)24-26-12(13(16,17)18,14(19,20)21)23-11(25)22-9-6-4-3-5-7-9/h3-8H,1-2H3,(H2,22,23,25). The third-order valence-electron chi connectivity index (χ3n) is 2.87. The van der Waals surface area contributed by atoms with Gasteiger partial charge in [0.15, 0.2) is 0 Å². The second kappa shape index (κ2) is 8.02. The normalized spacial score (nSPS) is 13.5. The van der Waals surface area contributed by atoms with E-state index < -0.39 is 35.2 Å². The van der Waals surface area contributed by atoms with Crippen LogP contribution in [0.5, 0.6) is 0 Å². The van der Waals surface area contributed by atoms with Gasteiger partial charge in [-0.15, -0.1) is 0 Å². The van der Waals surface area contributed by atoms with Crippen molar-refractivity contribution in [1.29, 1.82) is 0 Å². The maximum absolute atomic E-state index is 13.2. The Morgan fingerprint density at radius 3 is 2.00 bits per heavy atom. The van der Waals surface area contributed by atoms with Crippen molar-refractivity contribution in [2.24, 2.45) is 11.1 Å². The van der Waals surface area contributed by atoms with Gasteiger partial charge in [-0.2, -0.15) is 26.3 Å². The van der Waals surface area contributed by atoms with E-state index in [-0.39, 0.29) is 5.69 Å². The zero-order valence-corrected chi connectivity index (χ0v) is 14.1. The van der Waals surface area contributed by atoms with E-state index in [1.165, 1.54) is 44.2 Å². The number of rotatable bonds is 5. The van der Waals surface area contributed by atoms with Crippen molar-refractivity contribution in [2.75, 3.05) is 5.32 Å². The number of alkyl halides is 6. The second-order valence-corrected chi connectivity index (χ2v) is 5.67. The van der Waals surface area contributed by atoms with Gasteiger partial charge in [-0.05, 0) is 12.1 Å². The van der Waals surface area contributed by atoms with Crippen LogP contribution in [-0.2, 0) is 4.84 Å². The molecule has 0 aliphatic rings. The van der Waals surface area contributed by atoms with Crippen LogP contribution in [0.2, 0.25) is 0 Å². The van der Waals surface area contributed by atoms with Crippen molar-refractivity contribution in [3.05, 3.63) is 30.3 Å². The number of carbonyl (C=O) groups excluding carboxylic acids is 1. The third-order valence-corrected chi connectivity index (χ3v) is 3.37. The molecule has 0 heterocycles. The summed E-state index contributed by atoms with van der Waals surface area (Å²) in [6.45, 7) is 2.74. The summed E-state index contributed by atoms with van der Waals surface area (Å²) in [6, 6.07) is 5.08. The molecule has 0 bridgehead atoms. The van der Waals surface area contributed by atoms with Crippen LogP contribution in [0.25, 0.3) is 0 Å². The molecule has 1 aromatic carbocycles. The Morgan fingerprint density at radius 1 is 1.08 bits per heavy atom. The smallest absolute Gasteiger partial charge is 0.346 e. The zero-order valence-electron chi connectivity index (χ0n) is 13.4. The predicted octanol–water partition coefficient (Wildman–Crippen LogP) is 4.85. The molecule has 0 radical (unpaired) electrons. The minimum Gasteiger partial charge on any atom is -0.346 e. The SMILES string of the molecule is CC(C)C(Cl)=NOC(NC(=O)Nc1ccccc1)(C(F)(F)F)C(F)(F)F. The van der Waals surface area contributed by atoms with E-state index in [0.717, 1.165) is 5.32 Å². The summed E-state index contributed by atoms with van der Waals surface area (Å²) in [4.78, 5) is 15.4. The summed E-state index contributed by atoms with van der Waals surface area (Å²) < 4.78 is 79.3. The molecule has 5 nitrogen and oxygen atoms in total. The van der Waals surface area contributed by atoms with Crippen LogP contribution in [-0.4, -0.2) is 29.3 Å². The van der Waals surface area contributed by atoms with Gasteiger partial charge >= 0.3 is 24.1 Å². The molecule has 0 unspecified atom stereocenters. The highest BCUT2D eigenvalue weighted by Gasteiger charge is 2.76. The number of anilines is 1.